The molecular weight excluding hydrogens is 388 g/mol. The van der Waals surface area contributed by atoms with Gasteiger partial charge in [-0.3, -0.25) is 9.10 Å². The molecule has 0 saturated carbocycles. The molecule has 5 nitrogen and oxygen atoms in total. The molecule has 0 N–H and O–H groups in total. The van der Waals surface area contributed by atoms with Gasteiger partial charge in [-0.25, -0.2) is 8.42 Å². The van der Waals surface area contributed by atoms with E-state index < -0.39 is 10.0 Å². The number of anilines is 2. The minimum atomic E-state index is -3.69. The van der Waals surface area contributed by atoms with E-state index in [0.717, 1.165) is 27.0 Å². The lowest BCUT2D eigenvalue weighted by Gasteiger charge is -2.31. The van der Waals surface area contributed by atoms with Crippen LogP contribution in [-0.4, -0.2) is 38.9 Å². The van der Waals surface area contributed by atoms with Gasteiger partial charge in [0.25, 0.3) is 10.0 Å². The Morgan fingerprint density at radius 3 is 2.42 bits per heavy atom. The molecule has 0 aliphatic carbocycles. The third kappa shape index (κ3) is 3.00. The van der Waals surface area contributed by atoms with Gasteiger partial charge in [-0.1, -0.05) is 12.1 Å². The molecule has 2 aliphatic rings. The second-order valence-electron chi connectivity index (χ2n) is 6.04. The Labute approximate surface area is 161 Å². The quantitative estimate of drug-likeness (QED) is 0.765. The van der Waals surface area contributed by atoms with Gasteiger partial charge in [0.2, 0.25) is 5.91 Å². The molecule has 4 rings (SSSR count). The zero-order valence-corrected chi connectivity index (χ0v) is 16.7. The molecule has 0 spiro atoms. The highest BCUT2D eigenvalue weighted by atomic mass is 32.2. The lowest BCUT2D eigenvalue weighted by atomic mass is 10.2. The predicted octanol–water partition coefficient (Wildman–Crippen LogP) is 3.45. The first-order valence-corrected chi connectivity index (χ1v) is 11.7. The summed E-state index contributed by atoms with van der Waals surface area (Å²) in [6.07, 6.45) is 0. The van der Waals surface area contributed by atoms with Crippen LogP contribution in [0.4, 0.5) is 11.4 Å². The Bertz CT molecular complexity index is 975. The van der Waals surface area contributed by atoms with Crippen molar-refractivity contribution in [2.75, 3.05) is 33.8 Å². The third-order valence-electron chi connectivity index (χ3n) is 4.45. The molecule has 0 atom stereocenters. The Balaban J connectivity index is 1.79. The largest absolute Gasteiger partial charge is 0.311 e. The first-order valence-electron chi connectivity index (χ1n) is 8.28. The molecule has 0 saturated heterocycles. The van der Waals surface area contributed by atoms with Crippen molar-refractivity contribution >= 4 is 50.8 Å². The summed E-state index contributed by atoms with van der Waals surface area (Å²) in [6.45, 7) is 2.55. The molecule has 2 aromatic carbocycles. The number of hydrogen-bond donors (Lipinski definition) is 0. The van der Waals surface area contributed by atoms with Crippen LogP contribution in [0.25, 0.3) is 0 Å². The summed E-state index contributed by atoms with van der Waals surface area (Å²) in [7, 11) is -3.69. The van der Waals surface area contributed by atoms with Crippen LogP contribution in [-0.2, 0) is 14.8 Å². The van der Waals surface area contributed by atoms with Gasteiger partial charge in [-0.05, 0) is 30.3 Å². The van der Waals surface area contributed by atoms with Gasteiger partial charge in [0, 0.05) is 41.3 Å². The fraction of sp³-hybridized carbons (Fsp3) is 0.278. The number of hydrogen-bond acceptors (Lipinski definition) is 5. The molecule has 1 amide bonds. The van der Waals surface area contributed by atoms with Crippen molar-refractivity contribution in [2.24, 2.45) is 0 Å². The van der Waals surface area contributed by atoms with Crippen molar-refractivity contribution < 1.29 is 13.2 Å². The van der Waals surface area contributed by atoms with Crippen LogP contribution in [0.15, 0.2) is 57.2 Å². The first kappa shape index (κ1) is 17.8. The van der Waals surface area contributed by atoms with Crippen molar-refractivity contribution in [1.29, 1.82) is 0 Å². The zero-order valence-electron chi connectivity index (χ0n) is 14.2. The van der Waals surface area contributed by atoms with E-state index in [1.54, 1.807) is 40.6 Å². The van der Waals surface area contributed by atoms with Gasteiger partial charge in [0.15, 0.2) is 0 Å². The SMILES string of the molecule is CC(=O)N1CCSc2ccc(S(=O)(=O)N3CCSc4ccccc43)cc21. The average molecular weight is 407 g/mol. The van der Waals surface area contributed by atoms with Gasteiger partial charge in [-0.2, -0.15) is 0 Å². The van der Waals surface area contributed by atoms with Crippen LogP contribution in [0.5, 0.6) is 0 Å². The van der Waals surface area contributed by atoms with Crippen molar-refractivity contribution in [3.05, 3.63) is 42.5 Å². The summed E-state index contributed by atoms with van der Waals surface area (Å²) in [6, 6.07) is 12.7. The van der Waals surface area contributed by atoms with Gasteiger partial charge in [0.05, 0.1) is 16.3 Å². The normalized spacial score (nSPS) is 16.8. The molecule has 2 heterocycles. The topological polar surface area (TPSA) is 57.7 Å². The summed E-state index contributed by atoms with van der Waals surface area (Å²) < 4.78 is 28.1. The maximum atomic E-state index is 13.3. The summed E-state index contributed by atoms with van der Waals surface area (Å²) in [4.78, 5) is 15.7. The van der Waals surface area contributed by atoms with E-state index in [1.807, 2.05) is 30.3 Å². The number of carbonyl (C=O) groups excluding carboxylic acids is 1. The van der Waals surface area contributed by atoms with Crippen LogP contribution in [0, 0.1) is 0 Å². The highest BCUT2D eigenvalue weighted by Crippen LogP contribution is 2.40. The first-order chi connectivity index (χ1) is 12.5. The zero-order chi connectivity index (χ0) is 18.3. The summed E-state index contributed by atoms with van der Waals surface area (Å²) in [5.41, 5.74) is 1.41. The molecule has 136 valence electrons. The van der Waals surface area contributed by atoms with Crippen molar-refractivity contribution in [3.63, 3.8) is 0 Å². The predicted molar refractivity (Wildman–Crippen MR) is 107 cm³/mol. The molecule has 0 radical (unpaired) electrons. The van der Waals surface area contributed by atoms with E-state index in [1.165, 1.54) is 11.2 Å². The van der Waals surface area contributed by atoms with E-state index in [-0.39, 0.29) is 10.8 Å². The standard InChI is InChI=1S/C18H18N2O3S3/c1-13(21)19-8-10-24-18-7-6-14(12-16(18)19)26(22,23)20-9-11-25-17-5-3-2-4-15(17)20/h2-7,12H,8-11H2,1H3. The Morgan fingerprint density at radius 2 is 1.65 bits per heavy atom. The van der Waals surface area contributed by atoms with Gasteiger partial charge in [0.1, 0.15) is 0 Å². The highest BCUT2D eigenvalue weighted by molar-refractivity contribution is 8.00. The van der Waals surface area contributed by atoms with Gasteiger partial charge < -0.3 is 4.90 Å². The van der Waals surface area contributed by atoms with Crippen molar-refractivity contribution in [2.45, 2.75) is 21.6 Å². The summed E-state index contributed by atoms with van der Waals surface area (Å²) >= 11 is 3.32. The minimum absolute atomic E-state index is 0.0687. The Hall–Kier alpha value is -1.64. The molecule has 2 aromatic rings. The molecule has 0 aromatic heterocycles. The van der Waals surface area contributed by atoms with Gasteiger partial charge in [-0.15, -0.1) is 23.5 Å². The smallest absolute Gasteiger partial charge is 0.264 e. The fourth-order valence-corrected chi connectivity index (χ4v) is 6.85. The average Bonchev–Trinajstić information content (AvgIpc) is 2.66. The number of amides is 1. The molecule has 26 heavy (non-hydrogen) atoms. The van der Waals surface area contributed by atoms with E-state index in [2.05, 4.69) is 0 Å². The van der Waals surface area contributed by atoms with Crippen LogP contribution in [0.2, 0.25) is 0 Å². The van der Waals surface area contributed by atoms with E-state index in [4.69, 9.17) is 0 Å². The van der Waals surface area contributed by atoms with E-state index in [9.17, 15) is 13.2 Å². The number of carbonyl (C=O) groups is 1. The van der Waals surface area contributed by atoms with Crippen molar-refractivity contribution in [1.82, 2.24) is 0 Å². The lowest BCUT2D eigenvalue weighted by Crippen LogP contribution is -2.36. The molecule has 2 aliphatic heterocycles. The maximum absolute atomic E-state index is 13.3. The fourth-order valence-electron chi connectivity index (χ4n) is 3.21. The van der Waals surface area contributed by atoms with Crippen LogP contribution in [0.3, 0.4) is 0 Å². The number of benzene rings is 2. The lowest BCUT2D eigenvalue weighted by molar-refractivity contribution is -0.116. The van der Waals surface area contributed by atoms with Gasteiger partial charge >= 0.3 is 0 Å². The summed E-state index contributed by atoms with van der Waals surface area (Å²) in [5, 5.41) is 0. The molecule has 8 heteroatoms. The van der Waals surface area contributed by atoms with Crippen molar-refractivity contribution in [3.8, 4) is 0 Å². The highest BCUT2D eigenvalue weighted by Gasteiger charge is 2.31. The summed E-state index contributed by atoms with van der Waals surface area (Å²) in [5.74, 6) is 1.47. The van der Waals surface area contributed by atoms with Crippen LogP contribution >= 0.6 is 23.5 Å². The number of fused-ring (bicyclic) bond motifs is 2. The number of thioether (sulfide) groups is 2. The number of sulfonamides is 1. The third-order valence-corrected chi connectivity index (χ3v) is 8.34. The minimum Gasteiger partial charge on any atom is -0.311 e. The molecular formula is C18H18N2O3S3. The van der Waals surface area contributed by atoms with Crippen LogP contribution < -0.4 is 9.21 Å². The monoisotopic (exact) mass is 406 g/mol. The maximum Gasteiger partial charge on any atom is 0.264 e. The second kappa shape index (κ2) is 6.83. The molecule has 0 unspecified atom stereocenters. The van der Waals surface area contributed by atoms with Crippen LogP contribution in [0.1, 0.15) is 6.92 Å². The second-order valence-corrected chi connectivity index (χ2v) is 10.2. The molecule has 0 fully saturated rings. The number of nitrogens with zero attached hydrogens (tertiary/aromatic N) is 2. The Kier molecular flexibility index (Phi) is 4.66. The van der Waals surface area contributed by atoms with E-state index >= 15 is 0 Å². The number of para-hydroxylation sites is 1. The van der Waals surface area contributed by atoms with E-state index in [0.29, 0.717) is 18.8 Å². The molecule has 0 bridgehead atoms. The Morgan fingerprint density at radius 1 is 0.962 bits per heavy atom. The number of rotatable bonds is 2.